The van der Waals surface area contributed by atoms with Crippen LogP contribution in [0, 0.1) is 0 Å². The van der Waals surface area contributed by atoms with Gasteiger partial charge in [-0.2, -0.15) is 13.2 Å². The fraction of sp³-hybridized carbons (Fsp3) is 0.833. The molecule has 3 rings (SSSR count). The van der Waals surface area contributed by atoms with Crippen LogP contribution in [-0.2, 0) is 19.3 Å². The first-order valence-electron chi connectivity index (χ1n) is 6.89. The minimum atomic E-state index is -4.42. The quantitative estimate of drug-likeness (QED) is 0.890. The van der Waals surface area contributed by atoms with Gasteiger partial charge in [-0.1, -0.05) is 0 Å². The van der Waals surface area contributed by atoms with E-state index in [0.29, 0.717) is 37.5 Å². The second-order valence-electron chi connectivity index (χ2n) is 5.51. The van der Waals surface area contributed by atoms with Crippen LogP contribution in [0.25, 0.3) is 0 Å². The predicted octanol–water partition coefficient (Wildman–Crippen LogP) is 1.25. The lowest BCUT2D eigenvalue weighted by Gasteiger charge is -2.32. The van der Waals surface area contributed by atoms with E-state index < -0.39 is 12.0 Å². The number of rotatable bonds is 2. The number of halogens is 3. The van der Waals surface area contributed by atoms with E-state index in [9.17, 15) is 13.2 Å². The fourth-order valence-corrected chi connectivity index (χ4v) is 3.25. The molecule has 0 amide bonds. The van der Waals surface area contributed by atoms with Crippen molar-refractivity contribution in [1.29, 1.82) is 0 Å². The van der Waals surface area contributed by atoms with Crippen molar-refractivity contribution in [3.63, 3.8) is 0 Å². The summed E-state index contributed by atoms with van der Waals surface area (Å²) < 4.78 is 39.5. The second-order valence-corrected chi connectivity index (χ2v) is 5.51. The van der Waals surface area contributed by atoms with Crippen molar-refractivity contribution in [3.8, 4) is 0 Å². The van der Waals surface area contributed by atoms with Crippen LogP contribution in [0.1, 0.15) is 30.9 Å². The average molecular weight is 289 g/mol. The van der Waals surface area contributed by atoms with Gasteiger partial charge < -0.3 is 9.88 Å². The first-order chi connectivity index (χ1) is 9.49. The molecule has 2 atom stereocenters. The Labute approximate surface area is 115 Å². The Balaban J connectivity index is 1.72. The van der Waals surface area contributed by atoms with Gasteiger partial charge in [0.1, 0.15) is 5.82 Å². The van der Waals surface area contributed by atoms with E-state index >= 15 is 0 Å². The summed E-state index contributed by atoms with van der Waals surface area (Å²) >= 11 is 0. The first-order valence-corrected chi connectivity index (χ1v) is 6.89. The monoisotopic (exact) mass is 289 g/mol. The molecule has 1 aromatic rings. The summed E-state index contributed by atoms with van der Waals surface area (Å²) in [5, 5.41) is 10.3. The highest BCUT2D eigenvalue weighted by Gasteiger charge is 2.40. The third-order valence-electron chi connectivity index (χ3n) is 4.37. The van der Waals surface area contributed by atoms with Crippen molar-refractivity contribution in [1.82, 2.24) is 25.0 Å². The molecule has 1 aliphatic heterocycles. The van der Waals surface area contributed by atoms with Crippen LogP contribution in [0.15, 0.2) is 0 Å². The Bertz CT molecular complexity index is 484. The Morgan fingerprint density at radius 3 is 2.65 bits per heavy atom. The van der Waals surface area contributed by atoms with Crippen molar-refractivity contribution in [3.05, 3.63) is 11.6 Å². The zero-order chi connectivity index (χ0) is 14.3. The van der Waals surface area contributed by atoms with Crippen molar-refractivity contribution in [2.75, 3.05) is 13.6 Å². The maximum absolute atomic E-state index is 12.8. The fourth-order valence-electron chi connectivity index (χ4n) is 3.25. The third kappa shape index (κ3) is 2.42. The maximum atomic E-state index is 12.8. The van der Waals surface area contributed by atoms with Crippen LogP contribution in [0.3, 0.4) is 0 Å². The summed E-state index contributed by atoms with van der Waals surface area (Å²) in [7, 11) is 1.95. The molecular formula is C12H18F3N5. The smallest absolute Gasteiger partial charge is 0.317 e. The van der Waals surface area contributed by atoms with E-state index in [2.05, 4.69) is 20.4 Å². The van der Waals surface area contributed by atoms with Crippen LogP contribution in [-0.4, -0.2) is 45.3 Å². The number of hydrogen-bond acceptors (Lipinski definition) is 4. The molecule has 1 fully saturated rings. The maximum Gasteiger partial charge on any atom is 0.451 e. The molecule has 2 unspecified atom stereocenters. The molecule has 0 aromatic carbocycles. The van der Waals surface area contributed by atoms with Crippen LogP contribution in [0.5, 0.6) is 0 Å². The number of nitrogens with one attached hydrogen (secondary N) is 1. The van der Waals surface area contributed by atoms with Gasteiger partial charge >= 0.3 is 6.18 Å². The SMILES string of the molecule is CNC1CCC(N2CCn3c(nnc3C(F)(F)F)C2)C1. The largest absolute Gasteiger partial charge is 0.451 e. The highest BCUT2D eigenvalue weighted by Crippen LogP contribution is 2.31. The van der Waals surface area contributed by atoms with E-state index in [4.69, 9.17) is 0 Å². The lowest BCUT2D eigenvalue weighted by molar-refractivity contribution is -0.148. The van der Waals surface area contributed by atoms with Crippen LogP contribution in [0.2, 0.25) is 0 Å². The number of hydrogen-bond donors (Lipinski definition) is 1. The first kappa shape index (κ1) is 13.8. The van der Waals surface area contributed by atoms with Gasteiger partial charge in [0.15, 0.2) is 0 Å². The van der Waals surface area contributed by atoms with Gasteiger partial charge in [0, 0.05) is 25.2 Å². The lowest BCUT2D eigenvalue weighted by atomic mass is 10.2. The molecule has 0 saturated heterocycles. The Morgan fingerprint density at radius 2 is 2.00 bits per heavy atom. The summed E-state index contributed by atoms with van der Waals surface area (Å²) in [6, 6.07) is 0.956. The van der Waals surface area contributed by atoms with E-state index in [0.717, 1.165) is 19.3 Å². The van der Waals surface area contributed by atoms with Crippen LogP contribution >= 0.6 is 0 Å². The van der Waals surface area contributed by atoms with Gasteiger partial charge in [-0.3, -0.25) is 4.90 Å². The molecule has 5 nitrogen and oxygen atoms in total. The minimum Gasteiger partial charge on any atom is -0.317 e. The Hall–Kier alpha value is -1.15. The van der Waals surface area contributed by atoms with Crippen LogP contribution < -0.4 is 5.32 Å². The predicted molar refractivity (Wildman–Crippen MR) is 65.9 cm³/mol. The highest BCUT2D eigenvalue weighted by atomic mass is 19.4. The van der Waals surface area contributed by atoms with E-state index in [-0.39, 0.29) is 0 Å². The number of fused-ring (bicyclic) bond motifs is 1. The van der Waals surface area contributed by atoms with E-state index in [1.54, 1.807) is 0 Å². The number of alkyl halides is 3. The normalized spacial score (nSPS) is 27.8. The average Bonchev–Trinajstić information content (AvgIpc) is 3.03. The third-order valence-corrected chi connectivity index (χ3v) is 4.37. The van der Waals surface area contributed by atoms with Gasteiger partial charge in [0.25, 0.3) is 0 Å². The van der Waals surface area contributed by atoms with E-state index in [1.807, 2.05) is 7.05 Å². The Kier molecular flexibility index (Phi) is 3.45. The minimum absolute atomic E-state index is 0.317. The van der Waals surface area contributed by atoms with Crippen molar-refractivity contribution in [2.24, 2.45) is 0 Å². The summed E-state index contributed by atoms with van der Waals surface area (Å²) in [4.78, 5) is 2.24. The summed E-state index contributed by atoms with van der Waals surface area (Å²) in [5.74, 6) is -0.442. The van der Waals surface area contributed by atoms with Crippen molar-refractivity contribution in [2.45, 2.75) is 50.6 Å². The molecular weight excluding hydrogens is 271 g/mol. The lowest BCUT2D eigenvalue weighted by Crippen LogP contribution is -2.41. The molecule has 112 valence electrons. The van der Waals surface area contributed by atoms with Gasteiger partial charge in [-0.05, 0) is 26.3 Å². The second kappa shape index (κ2) is 5.00. The molecule has 2 heterocycles. The van der Waals surface area contributed by atoms with Crippen molar-refractivity contribution < 1.29 is 13.2 Å². The molecule has 0 bridgehead atoms. The van der Waals surface area contributed by atoms with Crippen LogP contribution in [0.4, 0.5) is 13.2 Å². The molecule has 0 radical (unpaired) electrons. The summed E-state index contributed by atoms with van der Waals surface area (Å²) in [5.41, 5.74) is 0. The molecule has 1 saturated carbocycles. The van der Waals surface area contributed by atoms with Crippen molar-refractivity contribution >= 4 is 0 Å². The van der Waals surface area contributed by atoms with E-state index in [1.165, 1.54) is 4.57 Å². The molecule has 1 N–H and O–H groups in total. The highest BCUT2D eigenvalue weighted by molar-refractivity contribution is 5.03. The molecule has 1 aromatic heterocycles. The molecule has 0 spiro atoms. The number of aromatic nitrogens is 3. The standard InChI is InChI=1S/C12H18F3N5/c1-16-8-2-3-9(6-8)19-4-5-20-10(7-19)17-18-11(20)12(13,14)15/h8-9,16H,2-7H2,1H3. The zero-order valence-corrected chi connectivity index (χ0v) is 11.3. The molecule has 20 heavy (non-hydrogen) atoms. The number of nitrogens with zero attached hydrogens (tertiary/aromatic N) is 4. The molecule has 1 aliphatic carbocycles. The van der Waals surface area contributed by atoms with Gasteiger partial charge in [0.2, 0.25) is 5.82 Å². The molecule has 8 heteroatoms. The van der Waals surface area contributed by atoms with Gasteiger partial charge in [0.05, 0.1) is 6.54 Å². The Morgan fingerprint density at radius 1 is 1.20 bits per heavy atom. The van der Waals surface area contributed by atoms with Gasteiger partial charge in [-0.25, -0.2) is 0 Å². The zero-order valence-electron chi connectivity index (χ0n) is 11.3. The van der Waals surface area contributed by atoms with Gasteiger partial charge in [-0.15, -0.1) is 10.2 Å². The molecule has 2 aliphatic rings. The topological polar surface area (TPSA) is 46.0 Å². The summed E-state index contributed by atoms with van der Waals surface area (Å²) in [6.45, 7) is 1.41. The summed E-state index contributed by atoms with van der Waals surface area (Å²) in [6.07, 6.45) is -1.15.